The summed E-state index contributed by atoms with van der Waals surface area (Å²) < 4.78 is 4.07. The number of oxime groups is 1. The van der Waals surface area contributed by atoms with Crippen LogP contribution in [0.1, 0.15) is 25.0 Å². The van der Waals surface area contributed by atoms with E-state index in [4.69, 9.17) is 16.4 Å². The maximum absolute atomic E-state index is 11.5. The second kappa shape index (κ2) is 6.01. The molecular formula is C10H10ClN3O3S. The second-order valence-corrected chi connectivity index (χ2v) is 5.14. The Morgan fingerprint density at radius 3 is 2.78 bits per heavy atom. The molecule has 1 aromatic heterocycles. The molecule has 1 aliphatic rings. The fourth-order valence-electron chi connectivity index (χ4n) is 1.58. The summed E-state index contributed by atoms with van der Waals surface area (Å²) in [5.41, 5.74) is 0.486. The normalized spacial score (nSPS) is 17.6. The zero-order chi connectivity index (χ0) is 13.0. The molecule has 2 rings (SSSR count). The predicted octanol–water partition coefficient (Wildman–Crippen LogP) is 1.63. The summed E-state index contributed by atoms with van der Waals surface area (Å²) in [7, 11) is 0. The van der Waals surface area contributed by atoms with E-state index in [1.165, 1.54) is 6.21 Å². The lowest BCUT2D eigenvalue weighted by Gasteiger charge is -2.14. The fraction of sp³-hybridized carbons (Fsp3) is 0.500. The molecule has 0 bridgehead atoms. The van der Waals surface area contributed by atoms with Crippen LogP contribution in [-0.2, 0) is 21.0 Å². The first-order valence-electron chi connectivity index (χ1n) is 5.36. The minimum absolute atomic E-state index is 0.0704. The lowest BCUT2D eigenvalue weighted by Crippen LogP contribution is -2.29. The molecule has 0 aromatic carbocycles. The van der Waals surface area contributed by atoms with Crippen molar-refractivity contribution in [2.24, 2.45) is 11.1 Å². The number of halogens is 1. The van der Waals surface area contributed by atoms with E-state index < -0.39 is 5.92 Å². The van der Waals surface area contributed by atoms with Crippen molar-refractivity contribution in [2.75, 3.05) is 0 Å². The van der Waals surface area contributed by atoms with Gasteiger partial charge in [0.05, 0.1) is 6.21 Å². The lowest BCUT2D eigenvalue weighted by molar-refractivity contribution is -0.132. The van der Waals surface area contributed by atoms with Gasteiger partial charge >= 0.3 is 0 Å². The number of ketones is 2. The average Bonchev–Trinajstić information content (AvgIpc) is 2.73. The van der Waals surface area contributed by atoms with Crippen molar-refractivity contribution >= 4 is 40.9 Å². The highest BCUT2D eigenvalue weighted by molar-refractivity contribution is 7.10. The first-order valence-corrected chi connectivity index (χ1v) is 6.51. The van der Waals surface area contributed by atoms with Crippen molar-refractivity contribution in [2.45, 2.75) is 25.9 Å². The molecule has 0 amide bonds. The summed E-state index contributed by atoms with van der Waals surface area (Å²) in [6.45, 7) is 0.0704. The molecular weight excluding hydrogens is 278 g/mol. The third kappa shape index (κ3) is 3.11. The van der Waals surface area contributed by atoms with Crippen LogP contribution < -0.4 is 0 Å². The number of aromatic nitrogens is 2. The molecule has 18 heavy (non-hydrogen) atoms. The Labute approximate surface area is 112 Å². The maximum Gasteiger partial charge on any atom is 0.163 e. The van der Waals surface area contributed by atoms with E-state index in [1.54, 1.807) is 0 Å². The zero-order valence-corrected chi connectivity index (χ0v) is 10.9. The van der Waals surface area contributed by atoms with Crippen LogP contribution in [0.3, 0.4) is 0 Å². The van der Waals surface area contributed by atoms with Gasteiger partial charge in [0.25, 0.3) is 0 Å². The summed E-state index contributed by atoms with van der Waals surface area (Å²) in [6, 6.07) is 0. The van der Waals surface area contributed by atoms with Gasteiger partial charge in [-0.3, -0.25) is 9.59 Å². The molecule has 6 nitrogen and oxygen atoms in total. The Balaban J connectivity index is 1.85. The van der Waals surface area contributed by atoms with Gasteiger partial charge in [-0.15, -0.1) is 5.10 Å². The predicted molar refractivity (Wildman–Crippen MR) is 65.6 cm³/mol. The third-order valence-electron chi connectivity index (χ3n) is 2.54. The van der Waals surface area contributed by atoms with Crippen molar-refractivity contribution in [3.63, 3.8) is 0 Å². The van der Waals surface area contributed by atoms with Crippen LogP contribution in [0, 0.1) is 5.92 Å². The van der Waals surface area contributed by atoms with Crippen LogP contribution >= 0.6 is 23.1 Å². The fourth-order valence-corrected chi connectivity index (χ4v) is 2.18. The Bertz CT molecular complexity index is 472. The van der Waals surface area contributed by atoms with Crippen LogP contribution in [0.4, 0.5) is 0 Å². The van der Waals surface area contributed by atoms with E-state index in [9.17, 15) is 9.59 Å². The number of Topliss-reactive ketones (excluding diaryl/α,β-unsaturated/α-hetero) is 2. The molecule has 8 heteroatoms. The van der Waals surface area contributed by atoms with E-state index >= 15 is 0 Å². The summed E-state index contributed by atoms with van der Waals surface area (Å²) in [6.07, 6.45) is 2.72. The summed E-state index contributed by atoms with van der Waals surface area (Å²) >= 11 is 6.82. The van der Waals surface area contributed by atoms with Gasteiger partial charge in [0.2, 0.25) is 0 Å². The maximum atomic E-state index is 11.5. The number of nitrogens with zero attached hydrogens (tertiary/aromatic N) is 3. The molecule has 96 valence electrons. The molecule has 1 fully saturated rings. The molecule has 0 atom stereocenters. The van der Waals surface area contributed by atoms with Crippen LogP contribution in [0.15, 0.2) is 5.16 Å². The van der Waals surface area contributed by atoms with Crippen molar-refractivity contribution in [3.05, 3.63) is 10.0 Å². The van der Waals surface area contributed by atoms with E-state index in [0.717, 1.165) is 11.5 Å². The van der Waals surface area contributed by atoms with Crippen molar-refractivity contribution in [1.29, 1.82) is 0 Å². The van der Waals surface area contributed by atoms with Gasteiger partial charge in [-0.05, 0) is 6.42 Å². The van der Waals surface area contributed by atoms with Crippen LogP contribution in [-0.4, -0.2) is 27.4 Å². The standard InChI is InChI=1S/C10H10ClN3O3S/c11-10-7(13-14-18-10)5-17-12-4-6-8(15)2-1-3-9(6)16/h4,6H,1-3,5H2/b12-4-. The van der Waals surface area contributed by atoms with Gasteiger partial charge < -0.3 is 4.84 Å². The topological polar surface area (TPSA) is 81.5 Å². The Kier molecular flexibility index (Phi) is 4.38. The molecule has 1 saturated carbocycles. The van der Waals surface area contributed by atoms with Crippen molar-refractivity contribution in [1.82, 2.24) is 9.59 Å². The van der Waals surface area contributed by atoms with Gasteiger partial charge in [0, 0.05) is 24.4 Å². The van der Waals surface area contributed by atoms with Gasteiger partial charge in [-0.25, -0.2) is 0 Å². The van der Waals surface area contributed by atoms with Gasteiger partial charge in [-0.1, -0.05) is 21.2 Å². The van der Waals surface area contributed by atoms with Crippen LogP contribution in [0.25, 0.3) is 0 Å². The molecule has 1 heterocycles. The molecule has 1 aliphatic carbocycles. The zero-order valence-electron chi connectivity index (χ0n) is 9.34. The second-order valence-electron chi connectivity index (χ2n) is 3.79. The van der Waals surface area contributed by atoms with Crippen LogP contribution in [0.5, 0.6) is 0 Å². The molecule has 0 spiro atoms. The van der Waals surface area contributed by atoms with Gasteiger partial charge in [-0.2, -0.15) is 0 Å². The number of carbonyl (C=O) groups excluding carboxylic acids is 2. The largest absolute Gasteiger partial charge is 0.389 e. The minimum Gasteiger partial charge on any atom is -0.389 e. The lowest BCUT2D eigenvalue weighted by atomic mass is 9.88. The Hall–Kier alpha value is -1.34. The molecule has 1 aromatic rings. The number of hydrogen-bond donors (Lipinski definition) is 0. The smallest absolute Gasteiger partial charge is 0.163 e. The SMILES string of the molecule is O=C1CCCC(=O)C1/C=N\OCc1nnsc1Cl. The molecule has 0 radical (unpaired) electrons. The highest BCUT2D eigenvalue weighted by Gasteiger charge is 2.28. The molecule has 0 aliphatic heterocycles. The summed E-state index contributed by atoms with van der Waals surface area (Å²) in [5, 5.41) is 7.36. The summed E-state index contributed by atoms with van der Waals surface area (Å²) in [4.78, 5) is 27.9. The first-order chi connectivity index (χ1) is 8.68. The van der Waals surface area contributed by atoms with Crippen molar-refractivity contribution < 1.29 is 14.4 Å². The number of carbonyl (C=O) groups is 2. The Morgan fingerprint density at radius 2 is 2.17 bits per heavy atom. The van der Waals surface area contributed by atoms with Gasteiger partial charge in [0.1, 0.15) is 27.5 Å². The average molecular weight is 288 g/mol. The quantitative estimate of drug-likeness (QED) is 0.477. The molecule has 0 N–H and O–H groups in total. The van der Waals surface area contributed by atoms with E-state index in [1.807, 2.05) is 0 Å². The highest BCUT2D eigenvalue weighted by atomic mass is 35.5. The number of rotatable bonds is 4. The molecule has 0 unspecified atom stereocenters. The van der Waals surface area contributed by atoms with E-state index in [0.29, 0.717) is 29.3 Å². The summed E-state index contributed by atoms with van der Waals surface area (Å²) in [5.74, 6) is -0.971. The monoisotopic (exact) mass is 287 g/mol. The first kappa shape index (κ1) is 13.1. The molecule has 0 saturated heterocycles. The third-order valence-corrected chi connectivity index (χ3v) is 3.52. The van der Waals surface area contributed by atoms with E-state index in [-0.39, 0.29) is 18.2 Å². The van der Waals surface area contributed by atoms with E-state index in [2.05, 4.69) is 14.7 Å². The van der Waals surface area contributed by atoms with Crippen molar-refractivity contribution in [3.8, 4) is 0 Å². The minimum atomic E-state index is -0.761. The van der Waals surface area contributed by atoms with Crippen LogP contribution in [0.2, 0.25) is 4.34 Å². The number of hydrogen-bond acceptors (Lipinski definition) is 7. The Morgan fingerprint density at radius 1 is 1.44 bits per heavy atom. The highest BCUT2D eigenvalue weighted by Crippen LogP contribution is 2.18. The van der Waals surface area contributed by atoms with Gasteiger partial charge in [0.15, 0.2) is 6.61 Å².